The van der Waals surface area contributed by atoms with E-state index in [0.29, 0.717) is 31.8 Å². The summed E-state index contributed by atoms with van der Waals surface area (Å²) in [6.45, 7) is 3.11. The maximum absolute atomic E-state index is 12.2. The van der Waals surface area contributed by atoms with Crippen LogP contribution in [0.2, 0.25) is 0 Å². The van der Waals surface area contributed by atoms with E-state index in [4.69, 9.17) is 10.9 Å². The summed E-state index contributed by atoms with van der Waals surface area (Å²) in [6, 6.07) is 1.83. The first kappa shape index (κ1) is 13.4. The first-order chi connectivity index (χ1) is 9.08. The predicted octanol–water partition coefficient (Wildman–Crippen LogP) is 0.162. The monoisotopic (exact) mass is 265 g/mol. The van der Waals surface area contributed by atoms with E-state index in [9.17, 15) is 4.79 Å². The second kappa shape index (κ2) is 5.29. The molecule has 0 unspecified atom stereocenters. The number of carbonyl (C=O) groups excluding carboxylic acids is 1. The Kier molecular flexibility index (Phi) is 3.73. The third kappa shape index (κ3) is 2.54. The lowest BCUT2D eigenvalue weighted by Gasteiger charge is -2.43. The van der Waals surface area contributed by atoms with Crippen molar-refractivity contribution in [3.05, 3.63) is 18.5 Å². The van der Waals surface area contributed by atoms with Gasteiger partial charge in [0.15, 0.2) is 5.84 Å². The van der Waals surface area contributed by atoms with Crippen LogP contribution in [-0.2, 0) is 11.3 Å². The summed E-state index contributed by atoms with van der Waals surface area (Å²) in [5, 5.41) is 18.7. The van der Waals surface area contributed by atoms with E-state index < -0.39 is 5.41 Å². The maximum atomic E-state index is 12.2. The largest absolute Gasteiger partial charge is 0.409 e. The average molecular weight is 265 g/mol. The normalized spacial score (nSPS) is 26.8. The van der Waals surface area contributed by atoms with Gasteiger partial charge in [0.25, 0.3) is 0 Å². The zero-order valence-corrected chi connectivity index (χ0v) is 10.9. The Morgan fingerprint density at radius 1 is 1.68 bits per heavy atom. The molecule has 0 saturated heterocycles. The molecule has 0 bridgehead atoms. The van der Waals surface area contributed by atoms with Crippen molar-refractivity contribution in [1.82, 2.24) is 15.1 Å². The molecule has 19 heavy (non-hydrogen) atoms. The highest BCUT2D eigenvalue weighted by Gasteiger charge is 2.51. The summed E-state index contributed by atoms with van der Waals surface area (Å²) in [5.41, 5.74) is 4.83. The predicted molar refractivity (Wildman–Crippen MR) is 69.5 cm³/mol. The van der Waals surface area contributed by atoms with E-state index in [0.717, 1.165) is 0 Å². The Hall–Kier alpha value is -2.05. The van der Waals surface area contributed by atoms with E-state index in [1.807, 2.05) is 19.2 Å². The summed E-state index contributed by atoms with van der Waals surface area (Å²) in [4.78, 5) is 12.2. The van der Waals surface area contributed by atoms with Gasteiger partial charge in [0.05, 0.1) is 6.54 Å². The van der Waals surface area contributed by atoms with Crippen LogP contribution in [0.1, 0.15) is 19.8 Å². The molecule has 0 aromatic carbocycles. The van der Waals surface area contributed by atoms with E-state index in [-0.39, 0.29) is 11.7 Å². The fourth-order valence-corrected chi connectivity index (χ4v) is 2.62. The fraction of sp³-hybridized carbons (Fsp3) is 0.583. The number of aromatic nitrogens is 2. The molecule has 1 aliphatic rings. The van der Waals surface area contributed by atoms with Crippen molar-refractivity contribution in [3.63, 3.8) is 0 Å². The Morgan fingerprint density at radius 2 is 2.42 bits per heavy atom. The SMILES string of the molecule is CC1CC(C(=O)NCCn2cccn2)(/C(N)=N/O)C1. The number of oxime groups is 1. The van der Waals surface area contributed by atoms with Crippen molar-refractivity contribution in [1.29, 1.82) is 0 Å². The third-order valence-electron chi connectivity index (χ3n) is 3.61. The van der Waals surface area contributed by atoms with Crippen molar-refractivity contribution in [2.24, 2.45) is 22.2 Å². The maximum Gasteiger partial charge on any atom is 0.234 e. The molecule has 4 N–H and O–H groups in total. The minimum atomic E-state index is -0.835. The van der Waals surface area contributed by atoms with Crippen LogP contribution >= 0.6 is 0 Å². The second-order valence-electron chi connectivity index (χ2n) is 5.11. The molecule has 1 heterocycles. The van der Waals surface area contributed by atoms with Crippen molar-refractivity contribution in [3.8, 4) is 0 Å². The van der Waals surface area contributed by atoms with E-state index >= 15 is 0 Å². The lowest BCUT2D eigenvalue weighted by molar-refractivity contribution is -0.133. The van der Waals surface area contributed by atoms with Gasteiger partial charge < -0.3 is 16.3 Å². The molecule has 1 saturated carbocycles. The highest BCUT2D eigenvalue weighted by Crippen LogP contribution is 2.45. The van der Waals surface area contributed by atoms with Crippen LogP contribution < -0.4 is 11.1 Å². The first-order valence-electron chi connectivity index (χ1n) is 6.32. The molecule has 1 aliphatic carbocycles. The molecule has 0 atom stereocenters. The highest BCUT2D eigenvalue weighted by molar-refractivity contribution is 6.07. The molecule has 1 fully saturated rings. The number of hydrogen-bond acceptors (Lipinski definition) is 4. The molecular formula is C12H19N5O2. The van der Waals surface area contributed by atoms with E-state index in [2.05, 4.69) is 15.6 Å². The zero-order valence-electron chi connectivity index (χ0n) is 10.9. The standard InChI is InChI=1S/C12H19N5O2/c1-9-7-12(8-9,10(13)16-19)11(18)14-4-6-17-5-2-3-15-17/h2-3,5,9,19H,4,6-8H2,1H3,(H2,13,16)(H,14,18). The van der Waals surface area contributed by atoms with Gasteiger partial charge in [-0.15, -0.1) is 0 Å². The Balaban J connectivity index is 1.90. The Morgan fingerprint density at radius 3 is 2.95 bits per heavy atom. The van der Waals surface area contributed by atoms with E-state index in [1.54, 1.807) is 10.9 Å². The highest BCUT2D eigenvalue weighted by atomic mass is 16.4. The molecule has 1 aromatic rings. The summed E-state index contributed by atoms with van der Waals surface area (Å²) >= 11 is 0. The van der Waals surface area contributed by atoms with Gasteiger partial charge in [-0.3, -0.25) is 9.48 Å². The molecule has 0 aliphatic heterocycles. The van der Waals surface area contributed by atoms with Gasteiger partial charge >= 0.3 is 0 Å². The van der Waals surface area contributed by atoms with Gasteiger partial charge in [0, 0.05) is 18.9 Å². The lowest BCUT2D eigenvalue weighted by Crippen LogP contribution is -2.57. The Labute approximate surface area is 111 Å². The van der Waals surface area contributed by atoms with Gasteiger partial charge in [0.2, 0.25) is 5.91 Å². The van der Waals surface area contributed by atoms with Crippen LogP contribution in [0.5, 0.6) is 0 Å². The molecule has 104 valence electrons. The molecule has 7 nitrogen and oxygen atoms in total. The first-order valence-corrected chi connectivity index (χ1v) is 6.32. The van der Waals surface area contributed by atoms with Crippen LogP contribution in [0.4, 0.5) is 0 Å². The number of rotatable bonds is 5. The number of amides is 1. The third-order valence-corrected chi connectivity index (χ3v) is 3.61. The average Bonchev–Trinajstić information content (AvgIpc) is 2.86. The van der Waals surface area contributed by atoms with Gasteiger partial charge in [-0.1, -0.05) is 12.1 Å². The number of hydrogen-bond donors (Lipinski definition) is 3. The van der Waals surface area contributed by atoms with Crippen LogP contribution in [0.3, 0.4) is 0 Å². The molecule has 2 rings (SSSR count). The minimum absolute atomic E-state index is 0.00203. The summed E-state index contributed by atoms with van der Waals surface area (Å²) < 4.78 is 1.74. The van der Waals surface area contributed by atoms with Gasteiger partial charge in [-0.25, -0.2) is 0 Å². The van der Waals surface area contributed by atoms with Crippen molar-refractivity contribution in [2.75, 3.05) is 6.54 Å². The van der Waals surface area contributed by atoms with Gasteiger partial charge in [-0.05, 0) is 24.8 Å². The smallest absolute Gasteiger partial charge is 0.234 e. The van der Waals surface area contributed by atoms with Crippen molar-refractivity contribution < 1.29 is 10.0 Å². The molecule has 0 radical (unpaired) electrons. The molecule has 0 spiro atoms. The van der Waals surface area contributed by atoms with Crippen molar-refractivity contribution in [2.45, 2.75) is 26.3 Å². The molecular weight excluding hydrogens is 246 g/mol. The molecule has 1 amide bonds. The van der Waals surface area contributed by atoms with Gasteiger partial charge in [0.1, 0.15) is 5.41 Å². The number of carbonyl (C=O) groups is 1. The van der Waals surface area contributed by atoms with Gasteiger partial charge in [-0.2, -0.15) is 5.10 Å². The van der Waals surface area contributed by atoms with E-state index in [1.165, 1.54) is 0 Å². The summed E-state index contributed by atoms with van der Waals surface area (Å²) in [6.07, 6.45) is 4.76. The molecule has 7 heteroatoms. The van der Waals surface area contributed by atoms with Crippen LogP contribution in [0.15, 0.2) is 23.6 Å². The second-order valence-corrected chi connectivity index (χ2v) is 5.11. The lowest BCUT2D eigenvalue weighted by atomic mass is 9.61. The van der Waals surface area contributed by atoms with Crippen molar-refractivity contribution >= 4 is 11.7 Å². The summed E-state index contributed by atoms with van der Waals surface area (Å²) in [7, 11) is 0. The quantitative estimate of drug-likeness (QED) is 0.305. The Bertz CT molecular complexity index is 462. The van der Waals surface area contributed by atoms with Crippen LogP contribution in [0, 0.1) is 11.3 Å². The minimum Gasteiger partial charge on any atom is -0.409 e. The van der Waals surface area contributed by atoms with Crippen LogP contribution in [0.25, 0.3) is 0 Å². The number of nitrogens with zero attached hydrogens (tertiary/aromatic N) is 3. The number of amidine groups is 1. The van der Waals surface area contributed by atoms with Crippen LogP contribution in [-0.4, -0.2) is 33.3 Å². The zero-order chi connectivity index (χ0) is 13.9. The number of nitrogens with one attached hydrogen (secondary N) is 1. The topological polar surface area (TPSA) is 106 Å². The number of nitrogens with two attached hydrogens (primary N) is 1. The fourth-order valence-electron chi connectivity index (χ4n) is 2.62. The summed E-state index contributed by atoms with van der Waals surface area (Å²) in [5.74, 6) is 0.243. The molecule has 1 aromatic heterocycles.